The Morgan fingerprint density at radius 2 is 1.62 bits per heavy atom. The first-order valence-electron chi connectivity index (χ1n) is 12.0. The number of nitrogens with one attached hydrogen (secondary N) is 2. The largest absolute Gasteiger partial charge is 0.444 e. The van der Waals surface area contributed by atoms with Crippen molar-refractivity contribution in [2.75, 3.05) is 12.3 Å². The molecule has 1 rings (SSSR count). The van der Waals surface area contributed by atoms with Crippen molar-refractivity contribution >= 4 is 30.5 Å². The van der Waals surface area contributed by atoms with Crippen LogP contribution in [0, 0.1) is 6.92 Å². The van der Waals surface area contributed by atoms with Crippen molar-refractivity contribution in [2.24, 2.45) is 0 Å². The predicted molar refractivity (Wildman–Crippen MR) is 140 cm³/mol. The Labute approximate surface area is 210 Å². The highest BCUT2D eigenvalue weighted by molar-refractivity contribution is 7.80. The van der Waals surface area contributed by atoms with E-state index in [0.717, 1.165) is 24.8 Å². The van der Waals surface area contributed by atoms with E-state index in [-0.39, 0.29) is 11.7 Å². The third-order valence-corrected chi connectivity index (χ3v) is 5.48. The lowest BCUT2D eigenvalue weighted by Gasteiger charge is -2.43. The van der Waals surface area contributed by atoms with E-state index >= 15 is 0 Å². The summed E-state index contributed by atoms with van der Waals surface area (Å²) in [4.78, 5) is 41.2. The van der Waals surface area contributed by atoms with Gasteiger partial charge in [0.05, 0.1) is 0 Å². The Kier molecular flexibility index (Phi) is 11.4. The standard InChI is InChI=1S/C26H43N3O4S/c1-9-10-11-16-27-22(30)21(19-14-12-18(2)13-15-19)29(25(3,4)5)23(31)20(17-34)28-24(32)33-26(6,7)8/h12-15,20-21,34H,9-11,16-17H2,1-8H3,(H,27,30)(H,28,32). The second-order valence-corrected chi connectivity index (χ2v) is 10.9. The van der Waals surface area contributed by atoms with E-state index in [1.54, 1.807) is 25.7 Å². The van der Waals surface area contributed by atoms with Gasteiger partial charge in [0.2, 0.25) is 11.8 Å². The summed E-state index contributed by atoms with van der Waals surface area (Å²) in [5.41, 5.74) is 0.335. The highest BCUT2D eigenvalue weighted by atomic mass is 32.1. The van der Waals surface area contributed by atoms with E-state index in [0.29, 0.717) is 12.1 Å². The number of benzene rings is 1. The number of aryl methyl sites for hydroxylation is 1. The highest BCUT2D eigenvalue weighted by Gasteiger charge is 2.41. The zero-order chi connectivity index (χ0) is 26.1. The number of carbonyl (C=O) groups excluding carboxylic acids is 3. The van der Waals surface area contributed by atoms with Gasteiger partial charge in [0.25, 0.3) is 0 Å². The van der Waals surface area contributed by atoms with Crippen LogP contribution in [-0.2, 0) is 14.3 Å². The number of rotatable bonds is 10. The van der Waals surface area contributed by atoms with Gasteiger partial charge in [-0.1, -0.05) is 49.6 Å². The molecule has 0 saturated carbocycles. The molecule has 0 aliphatic carbocycles. The SMILES string of the molecule is CCCCCNC(=O)C(c1ccc(C)cc1)N(C(=O)C(CS)NC(=O)OC(C)(C)C)C(C)(C)C. The lowest BCUT2D eigenvalue weighted by Crippen LogP contribution is -2.59. The maximum atomic E-state index is 13.8. The number of carbonyl (C=O) groups is 3. The molecule has 1 aromatic rings. The van der Waals surface area contributed by atoms with Crippen LogP contribution in [0.4, 0.5) is 4.79 Å². The highest BCUT2D eigenvalue weighted by Crippen LogP contribution is 2.30. The fourth-order valence-corrected chi connectivity index (χ4v) is 3.75. The summed E-state index contributed by atoms with van der Waals surface area (Å²) < 4.78 is 5.33. The molecule has 0 aliphatic rings. The van der Waals surface area contributed by atoms with Crippen LogP contribution >= 0.6 is 12.6 Å². The summed E-state index contributed by atoms with van der Waals surface area (Å²) >= 11 is 4.31. The second-order valence-electron chi connectivity index (χ2n) is 10.6. The Balaban J connectivity index is 3.36. The van der Waals surface area contributed by atoms with Crippen LogP contribution in [0.2, 0.25) is 0 Å². The van der Waals surface area contributed by atoms with Crippen molar-refractivity contribution in [3.8, 4) is 0 Å². The Bertz CT molecular complexity index is 813. The van der Waals surface area contributed by atoms with E-state index < -0.39 is 35.2 Å². The van der Waals surface area contributed by atoms with E-state index in [9.17, 15) is 14.4 Å². The van der Waals surface area contributed by atoms with Crippen molar-refractivity contribution in [3.05, 3.63) is 35.4 Å². The van der Waals surface area contributed by atoms with Crippen LogP contribution in [0.1, 0.15) is 84.9 Å². The summed E-state index contributed by atoms with van der Waals surface area (Å²) in [7, 11) is 0. The van der Waals surface area contributed by atoms with Crippen LogP contribution in [0.15, 0.2) is 24.3 Å². The van der Waals surface area contributed by atoms with Crippen LogP contribution in [0.3, 0.4) is 0 Å². The van der Waals surface area contributed by atoms with E-state index in [1.807, 2.05) is 52.0 Å². The Morgan fingerprint density at radius 1 is 1.03 bits per heavy atom. The number of hydrogen-bond donors (Lipinski definition) is 3. The van der Waals surface area contributed by atoms with E-state index in [2.05, 4.69) is 30.2 Å². The second kappa shape index (κ2) is 13.0. The number of ether oxygens (including phenoxy) is 1. The lowest BCUT2D eigenvalue weighted by atomic mass is 9.95. The van der Waals surface area contributed by atoms with Gasteiger partial charge in [-0.25, -0.2) is 4.79 Å². The molecule has 8 heteroatoms. The molecule has 192 valence electrons. The van der Waals surface area contributed by atoms with Gasteiger partial charge in [0.1, 0.15) is 17.7 Å². The molecule has 2 unspecified atom stereocenters. The maximum absolute atomic E-state index is 13.8. The number of unbranched alkanes of at least 4 members (excludes halogenated alkanes) is 2. The molecular weight excluding hydrogens is 450 g/mol. The first kappa shape index (κ1) is 29.8. The van der Waals surface area contributed by atoms with Crippen molar-refractivity contribution in [3.63, 3.8) is 0 Å². The molecule has 3 amide bonds. The molecular formula is C26H43N3O4S. The van der Waals surface area contributed by atoms with Gasteiger partial charge in [0.15, 0.2) is 0 Å². The zero-order valence-electron chi connectivity index (χ0n) is 22.0. The molecule has 2 atom stereocenters. The number of hydrogen-bond acceptors (Lipinski definition) is 5. The average Bonchev–Trinajstić information content (AvgIpc) is 2.71. The fourth-order valence-electron chi connectivity index (χ4n) is 3.50. The number of thiol groups is 1. The summed E-state index contributed by atoms with van der Waals surface area (Å²) in [6, 6.07) is 5.76. The molecule has 2 N–H and O–H groups in total. The molecule has 0 radical (unpaired) electrons. The quantitative estimate of drug-likeness (QED) is 0.323. The minimum atomic E-state index is -0.960. The summed E-state index contributed by atoms with van der Waals surface area (Å²) in [5, 5.41) is 5.63. The van der Waals surface area contributed by atoms with E-state index in [4.69, 9.17) is 4.74 Å². The number of amides is 3. The molecule has 0 heterocycles. The van der Waals surface area contributed by atoms with Crippen LogP contribution < -0.4 is 10.6 Å². The van der Waals surface area contributed by atoms with Crippen molar-refractivity contribution in [1.82, 2.24) is 15.5 Å². The maximum Gasteiger partial charge on any atom is 0.408 e. The van der Waals surface area contributed by atoms with Crippen LogP contribution in [0.25, 0.3) is 0 Å². The van der Waals surface area contributed by atoms with Crippen LogP contribution in [0.5, 0.6) is 0 Å². The van der Waals surface area contributed by atoms with Gasteiger partial charge in [-0.05, 0) is 60.5 Å². The first-order chi connectivity index (χ1) is 15.7. The molecule has 0 aromatic heterocycles. The molecule has 34 heavy (non-hydrogen) atoms. The smallest absolute Gasteiger partial charge is 0.408 e. The van der Waals surface area contributed by atoms with Crippen molar-refractivity contribution in [2.45, 2.75) is 97.9 Å². The topological polar surface area (TPSA) is 87.7 Å². The fraction of sp³-hybridized carbons (Fsp3) is 0.654. The van der Waals surface area contributed by atoms with Gasteiger partial charge in [-0.2, -0.15) is 12.6 Å². The minimum absolute atomic E-state index is 0.0589. The van der Waals surface area contributed by atoms with Gasteiger partial charge < -0.3 is 20.3 Å². The third kappa shape index (κ3) is 9.57. The monoisotopic (exact) mass is 493 g/mol. The molecule has 7 nitrogen and oxygen atoms in total. The zero-order valence-corrected chi connectivity index (χ0v) is 22.9. The predicted octanol–water partition coefficient (Wildman–Crippen LogP) is 4.79. The number of nitrogens with zero attached hydrogens (tertiary/aromatic N) is 1. The van der Waals surface area contributed by atoms with Crippen LogP contribution in [-0.4, -0.2) is 52.3 Å². The summed E-state index contributed by atoms with van der Waals surface area (Å²) in [6.45, 7) is 15.5. The van der Waals surface area contributed by atoms with Gasteiger partial charge in [-0.3, -0.25) is 9.59 Å². The lowest BCUT2D eigenvalue weighted by molar-refractivity contribution is -0.148. The van der Waals surface area contributed by atoms with E-state index in [1.165, 1.54) is 0 Å². The normalized spacial score (nSPS) is 13.6. The molecule has 1 aromatic carbocycles. The molecule has 0 spiro atoms. The first-order valence-corrected chi connectivity index (χ1v) is 12.6. The third-order valence-electron chi connectivity index (χ3n) is 5.11. The van der Waals surface area contributed by atoms with Gasteiger partial charge >= 0.3 is 6.09 Å². The van der Waals surface area contributed by atoms with Gasteiger partial charge in [0, 0.05) is 17.8 Å². The molecule has 0 bridgehead atoms. The average molecular weight is 494 g/mol. The number of alkyl carbamates (subject to hydrolysis) is 1. The Morgan fingerprint density at radius 3 is 2.09 bits per heavy atom. The Hall–Kier alpha value is -2.22. The molecule has 0 fully saturated rings. The summed E-state index contributed by atoms with van der Waals surface area (Å²) in [6.07, 6.45) is 2.22. The summed E-state index contributed by atoms with van der Waals surface area (Å²) in [5.74, 6) is -0.593. The van der Waals surface area contributed by atoms with Crippen molar-refractivity contribution < 1.29 is 19.1 Å². The molecule has 0 saturated heterocycles. The van der Waals surface area contributed by atoms with Gasteiger partial charge in [-0.15, -0.1) is 0 Å². The van der Waals surface area contributed by atoms with Crippen molar-refractivity contribution in [1.29, 1.82) is 0 Å². The molecule has 0 aliphatic heterocycles. The minimum Gasteiger partial charge on any atom is -0.444 e.